The highest BCUT2D eigenvalue weighted by Gasteiger charge is 2.30. The molecule has 0 aliphatic heterocycles. The molecule has 0 saturated carbocycles. The van der Waals surface area contributed by atoms with E-state index in [9.17, 15) is 18.3 Å². The summed E-state index contributed by atoms with van der Waals surface area (Å²) in [6, 6.07) is 3.15. The summed E-state index contributed by atoms with van der Waals surface area (Å²) in [4.78, 5) is 1.27. The number of hydrogen-bond donors (Lipinski definition) is 1. The standard InChI is InChI=1S/C13H17BrF3NO2/c1-3-18(8-13(15,16)17)7-9-5-10(14)12(19)11(6-9)20-4-2/h5-6,19H,3-4,7-8H2,1-2H3. The Morgan fingerprint density at radius 2 is 1.95 bits per heavy atom. The number of nitrogens with zero attached hydrogens (tertiary/aromatic N) is 1. The van der Waals surface area contributed by atoms with Gasteiger partial charge in [0.1, 0.15) is 0 Å². The van der Waals surface area contributed by atoms with Gasteiger partial charge in [-0.1, -0.05) is 6.92 Å². The summed E-state index contributed by atoms with van der Waals surface area (Å²) in [6.07, 6.45) is -4.23. The molecule has 0 aliphatic carbocycles. The van der Waals surface area contributed by atoms with Gasteiger partial charge in [-0.05, 0) is 47.1 Å². The Morgan fingerprint density at radius 3 is 2.45 bits per heavy atom. The number of alkyl halides is 3. The van der Waals surface area contributed by atoms with Crippen LogP contribution in [0.5, 0.6) is 11.5 Å². The molecule has 20 heavy (non-hydrogen) atoms. The number of hydrogen-bond acceptors (Lipinski definition) is 3. The maximum absolute atomic E-state index is 12.4. The van der Waals surface area contributed by atoms with Crippen molar-refractivity contribution in [1.82, 2.24) is 4.90 Å². The first-order valence-electron chi connectivity index (χ1n) is 6.20. The predicted octanol–water partition coefficient (Wildman–Crippen LogP) is 3.94. The van der Waals surface area contributed by atoms with Crippen molar-refractivity contribution >= 4 is 15.9 Å². The minimum atomic E-state index is -4.23. The lowest BCUT2D eigenvalue weighted by atomic mass is 10.2. The van der Waals surface area contributed by atoms with Crippen LogP contribution in [-0.4, -0.2) is 35.9 Å². The lowest BCUT2D eigenvalue weighted by Crippen LogP contribution is -2.33. The quantitative estimate of drug-likeness (QED) is 0.838. The Morgan fingerprint density at radius 1 is 1.30 bits per heavy atom. The van der Waals surface area contributed by atoms with Gasteiger partial charge < -0.3 is 9.84 Å². The summed E-state index contributed by atoms with van der Waals surface area (Å²) in [5.74, 6) is 0.217. The maximum Gasteiger partial charge on any atom is 0.401 e. The second-order valence-electron chi connectivity index (χ2n) is 4.28. The first-order chi connectivity index (χ1) is 9.26. The van der Waals surface area contributed by atoms with Gasteiger partial charge in [-0.3, -0.25) is 4.90 Å². The van der Waals surface area contributed by atoms with Crippen LogP contribution in [0.25, 0.3) is 0 Å². The minimum Gasteiger partial charge on any atom is -0.503 e. The van der Waals surface area contributed by atoms with E-state index in [0.717, 1.165) is 0 Å². The molecule has 0 atom stereocenters. The zero-order valence-electron chi connectivity index (χ0n) is 11.3. The molecule has 0 aliphatic rings. The number of rotatable bonds is 6. The van der Waals surface area contributed by atoms with Gasteiger partial charge in [-0.25, -0.2) is 0 Å². The van der Waals surface area contributed by atoms with E-state index in [-0.39, 0.29) is 24.6 Å². The van der Waals surface area contributed by atoms with Crippen molar-refractivity contribution in [3.05, 3.63) is 22.2 Å². The van der Waals surface area contributed by atoms with Gasteiger partial charge >= 0.3 is 6.18 Å². The Kier molecular flexibility index (Phi) is 6.13. The molecule has 0 fully saturated rings. The van der Waals surface area contributed by atoms with Crippen molar-refractivity contribution in [2.45, 2.75) is 26.6 Å². The summed E-state index contributed by atoms with van der Waals surface area (Å²) >= 11 is 3.17. The first kappa shape index (κ1) is 17.1. The monoisotopic (exact) mass is 355 g/mol. The Labute approximate surface area is 124 Å². The molecule has 0 unspecified atom stereocenters. The molecule has 0 heterocycles. The maximum atomic E-state index is 12.4. The SMILES string of the molecule is CCOc1cc(CN(CC)CC(F)(F)F)cc(Br)c1O. The van der Waals surface area contributed by atoms with Crippen LogP contribution >= 0.6 is 15.9 Å². The fraction of sp³-hybridized carbons (Fsp3) is 0.538. The summed E-state index contributed by atoms with van der Waals surface area (Å²) in [5.41, 5.74) is 0.643. The van der Waals surface area contributed by atoms with Crippen LogP contribution in [-0.2, 0) is 6.54 Å². The van der Waals surface area contributed by atoms with Crippen molar-refractivity contribution in [3.8, 4) is 11.5 Å². The van der Waals surface area contributed by atoms with E-state index < -0.39 is 12.7 Å². The molecule has 114 valence electrons. The van der Waals surface area contributed by atoms with E-state index in [2.05, 4.69) is 15.9 Å². The minimum absolute atomic E-state index is 0.0468. The molecule has 1 aromatic carbocycles. The largest absolute Gasteiger partial charge is 0.503 e. The van der Waals surface area contributed by atoms with E-state index in [0.29, 0.717) is 16.6 Å². The zero-order chi connectivity index (χ0) is 15.3. The molecule has 1 rings (SSSR count). The topological polar surface area (TPSA) is 32.7 Å². The highest BCUT2D eigenvalue weighted by molar-refractivity contribution is 9.10. The first-order valence-corrected chi connectivity index (χ1v) is 6.99. The fourth-order valence-electron chi connectivity index (χ4n) is 1.78. The third kappa shape index (κ3) is 5.20. The third-order valence-corrected chi connectivity index (χ3v) is 3.25. The van der Waals surface area contributed by atoms with Gasteiger partial charge in [0, 0.05) is 6.54 Å². The second kappa shape index (κ2) is 7.17. The molecule has 0 bridgehead atoms. The van der Waals surface area contributed by atoms with Crippen molar-refractivity contribution in [2.24, 2.45) is 0 Å². The lowest BCUT2D eigenvalue weighted by molar-refractivity contribution is -0.146. The molecular formula is C13H17BrF3NO2. The third-order valence-electron chi connectivity index (χ3n) is 2.64. The van der Waals surface area contributed by atoms with Crippen molar-refractivity contribution < 1.29 is 23.0 Å². The van der Waals surface area contributed by atoms with E-state index >= 15 is 0 Å². The number of halogens is 4. The molecule has 0 aromatic heterocycles. The average molecular weight is 356 g/mol. The Bertz CT molecular complexity index is 452. The summed E-state index contributed by atoms with van der Waals surface area (Å²) < 4.78 is 42.9. The van der Waals surface area contributed by atoms with Gasteiger partial charge in [0.2, 0.25) is 0 Å². The number of phenolic OH excluding ortho intramolecular Hbond substituents is 1. The van der Waals surface area contributed by atoms with E-state index in [1.54, 1.807) is 26.0 Å². The molecule has 0 saturated heterocycles. The lowest BCUT2D eigenvalue weighted by Gasteiger charge is -2.22. The van der Waals surface area contributed by atoms with Crippen LogP contribution in [0.15, 0.2) is 16.6 Å². The molecule has 0 spiro atoms. The number of ether oxygens (including phenoxy) is 1. The van der Waals surface area contributed by atoms with Gasteiger partial charge in [0.25, 0.3) is 0 Å². The molecular weight excluding hydrogens is 339 g/mol. The smallest absolute Gasteiger partial charge is 0.401 e. The summed E-state index contributed by atoms with van der Waals surface area (Å²) in [7, 11) is 0. The molecule has 7 heteroatoms. The van der Waals surface area contributed by atoms with Crippen molar-refractivity contribution in [1.29, 1.82) is 0 Å². The molecule has 1 aromatic rings. The Hall–Kier alpha value is -0.950. The number of benzene rings is 1. The average Bonchev–Trinajstić information content (AvgIpc) is 2.33. The highest BCUT2D eigenvalue weighted by atomic mass is 79.9. The van der Waals surface area contributed by atoms with Crippen LogP contribution in [0, 0.1) is 0 Å². The van der Waals surface area contributed by atoms with Crippen molar-refractivity contribution in [2.75, 3.05) is 19.7 Å². The summed E-state index contributed by atoms with van der Waals surface area (Å²) in [5, 5.41) is 9.77. The predicted molar refractivity (Wildman–Crippen MR) is 74.0 cm³/mol. The molecule has 3 nitrogen and oxygen atoms in total. The van der Waals surface area contributed by atoms with Crippen LogP contribution in [0.3, 0.4) is 0 Å². The van der Waals surface area contributed by atoms with E-state index in [1.165, 1.54) is 4.90 Å². The van der Waals surface area contributed by atoms with Crippen LogP contribution in [0.1, 0.15) is 19.4 Å². The van der Waals surface area contributed by atoms with Gasteiger partial charge in [0.15, 0.2) is 11.5 Å². The molecule has 1 N–H and O–H groups in total. The highest BCUT2D eigenvalue weighted by Crippen LogP contribution is 2.36. The number of phenols is 1. The normalized spacial score (nSPS) is 11.9. The Balaban J connectivity index is 2.90. The van der Waals surface area contributed by atoms with E-state index in [4.69, 9.17) is 4.74 Å². The second-order valence-corrected chi connectivity index (χ2v) is 5.13. The van der Waals surface area contributed by atoms with E-state index in [1.807, 2.05) is 0 Å². The molecule has 0 amide bonds. The fourth-order valence-corrected chi connectivity index (χ4v) is 2.26. The zero-order valence-corrected chi connectivity index (χ0v) is 12.9. The summed E-state index contributed by atoms with van der Waals surface area (Å²) in [6.45, 7) is 3.25. The van der Waals surface area contributed by atoms with Gasteiger partial charge in [0.05, 0.1) is 17.6 Å². The van der Waals surface area contributed by atoms with Crippen LogP contribution < -0.4 is 4.74 Å². The van der Waals surface area contributed by atoms with Gasteiger partial charge in [-0.2, -0.15) is 13.2 Å². The van der Waals surface area contributed by atoms with Crippen LogP contribution in [0.4, 0.5) is 13.2 Å². The molecule has 0 radical (unpaired) electrons. The van der Waals surface area contributed by atoms with Gasteiger partial charge in [-0.15, -0.1) is 0 Å². The number of aromatic hydroxyl groups is 1. The van der Waals surface area contributed by atoms with Crippen LogP contribution in [0.2, 0.25) is 0 Å². The van der Waals surface area contributed by atoms with Crippen molar-refractivity contribution in [3.63, 3.8) is 0 Å².